The van der Waals surface area contributed by atoms with Gasteiger partial charge >= 0.3 is 0 Å². The van der Waals surface area contributed by atoms with Crippen molar-refractivity contribution in [2.45, 2.75) is 38.6 Å². The number of aliphatic hydroxyl groups excluding tert-OH is 1. The summed E-state index contributed by atoms with van der Waals surface area (Å²) in [4.78, 5) is 6.36. The van der Waals surface area contributed by atoms with Crippen LogP contribution >= 0.6 is 0 Å². The van der Waals surface area contributed by atoms with Crippen LogP contribution in [0.3, 0.4) is 0 Å². The normalized spacial score (nSPS) is 31.0. The monoisotopic (exact) mass is 298 g/mol. The van der Waals surface area contributed by atoms with E-state index >= 15 is 0 Å². The van der Waals surface area contributed by atoms with Crippen molar-refractivity contribution in [3.05, 3.63) is 35.5 Å². The third-order valence-corrected chi connectivity index (χ3v) is 5.96. The summed E-state index contributed by atoms with van der Waals surface area (Å²) in [6.07, 6.45) is 4.71. The summed E-state index contributed by atoms with van der Waals surface area (Å²) in [6, 6.07) is 9.05. The van der Waals surface area contributed by atoms with E-state index in [1.54, 1.807) is 0 Å². The Morgan fingerprint density at radius 1 is 1.32 bits per heavy atom. The lowest BCUT2D eigenvalue weighted by molar-refractivity contribution is -0.00300. The average molecular weight is 298 g/mol. The van der Waals surface area contributed by atoms with Crippen molar-refractivity contribution >= 4 is 10.9 Å². The standard InChI is InChI=1S/C19H26N2O/c1-2-13-12-21-9-7-14(13)11-18(21)19-16(8-10-22)15-5-3-4-6-17(15)20-19/h3-6,13-14,18,20,22H,2,7-12H2,1H3/t13-,14+,18-/m1/s1. The number of H-pyrrole nitrogens is 1. The third-order valence-electron chi connectivity index (χ3n) is 5.96. The molecule has 1 aromatic heterocycles. The van der Waals surface area contributed by atoms with E-state index in [1.165, 1.54) is 54.5 Å². The summed E-state index contributed by atoms with van der Waals surface area (Å²) in [7, 11) is 0. The van der Waals surface area contributed by atoms with Crippen molar-refractivity contribution in [1.29, 1.82) is 0 Å². The van der Waals surface area contributed by atoms with Crippen molar-refractivity contribution in [2.75, 3.05) is 19.7 Å². The molecule has 0 spiro atoms. The Bertz CT molecular complexity index is 662. The van der Waals surface area contributed by atoms with Gasteiger partial charge in [-0.05, 0) is 49.3 Å². The zero-order chi connectivity index (χ0) is 15.1. The zero-order valence-electron chi connectivity index (χ0n) is 13.4. The molecule has 0 amide bonds. The van der Waals surface area contributed by atoms with Crippen molar-refractivity contribution < 1.29 is 5.11 Å². The van der Waals surface area contributed by atoms with E-state index in [0.29, 0.717) is 6.04 Å². The molecule has 4 atom stereocenters. The Morgan fingerprint density at radius 2 is 2.18 bits per heavy atom. The van der Waals surface area contributed by atoms with Gasteiger partial charge in [-0.25, -0.2) is 0 Å². The maximum Gasteiger partial charge on any atom is 0.0504 e. The molecule has 3 fully saturated rings. The smallest absolute Gasteiger partial charge is 0.0504 e. The van der Waals surface area contributed by atoms with Gasteiger partial charge in [0.1, 0.15) is 0 Å². The molecule has 118 valence electrons. The molecule has 3 saturated heterocycles. The van der Waals surface area contributed by atoms with Crippen molar-refractivity contribution in [1.82, 2.24) is 9.88 Å². The first-order valence-electron chi connectivity index (χ1n) is 8.76. The molecule has 3 heteroatoms. The second kappa shape index (κ2) is 5.71. The Balaban J connectivity index is 1.73. The van der Waals surface area contributed by atoms with Crippen LogP contribution in [0.5, 0.6) is 0 Å². The van der Waals surface area contributed by atoms with Crippen LogP contribution in [0.1, 0.15) is 43.5 Å². The zero-order valence-corrected chi connectivity index (χ0v) is 13.4. The molecule has 2 bridgehead atoms. The topological polar surface area (TPSA) is 39.3 Å². The number of hydrogen-bond donors (Lipinski definition) is 2. The Labute approximate surface area is 132 Å². The molecule has 2 aromatic rings. The number of hydrogen-bond acceptors (Lipinski definition) is 2. The summed E-state index contributed by atoms with van der Waals surface area (Å²) in [6.45, 7) is 5.05. The molecule has 3 nitrogen and oxygen atoms in total. The maximum atomic E-state index is 9.50. The lowest BCUT2D eigenvalue weighted by Crippen LogP contribution is -2.49. The molecule has 3 aliphatic heterocycles. The molecule has 0 saturated carbocycles. The van der Waals surface area contributed by atoms with Gasteiger partial charge in [-0.3, -0.25) is 4.90 Å². The van der Waals surface area contributed by atoms with E-state index in [9.17, 15) is 5.11 Å². The number of para-hydroxylation sites is 1. The van der Waals surface area contributed by atoms with Crippen molar-refractivity contribution in [3.8, 4) is 0 Å². The minimum absolute atomic E-state index is 0.225. The molecule has 22 heavy (non-hydrogen) atoms. The van der Waals surface area contributed by atoms with Gasteiger partial charge in [0, 0.05) is 29.7 Å². The van der Waals surface area contributed by atoms with Gasteiger partial charge in [0.25, 0.3) is 0 Å². The lowest BCUT2D eigenvalue weighted by Gasteiger charge is -2.50. The fourth-order valence-corrected chi connectivity index (χ4v) is 4.79. The van der Waals surface area contributed by atoms with Crippen LogP contribution in [0, 0.1) is 11.8 Å². The molecule has 2 N–H and O–H groups in total. The average Bonchev–Trinajstić information content (AvgIpc) is 2.94. The molecular weight excluding hydrogens is 272 g/mol. The molecule has 5 rings (SSSR count). The van der Waals surface area contributed by atoms with Gasteiger partial charge in [0.15, 0.2) is 0 Å². The van der Waals surface area contributed by atoms with Gasteiger partial charge < -0.3 is 10.1 Å². The van der Waals surface area contributed by atoms with Gasteiger partial charge in [-0.15, -0.1) is 0 Å². The summed E-state index contributed by atoms with van der Waals surface area (Å²) >= 11 is 0. The Hall–Kier alpha value is -1.32. The first-order chi connectivity index (χ1) is 10.8. The van der Waals surface area contributed by atoms with Crippen LogP contribution in [-0.2, 0) is 6.42 Å². The number of aromatic nitrogens is 1. The molecule has 1 unspecified atom stereocenters. The van der Waals surface area contributed by atoms with Crippen molar-refractivity contribution in [2.24, 2.45) is 11.8 Å². The second-order valence-corrected chi connectivity index (χ2v) is 7.00. The fraction of sp³-hybridized carbons (Fsp3) is 0.579. The van der Waals surface area contributed by atoms with E-state index in [1.807, 2.05) is 0 Å². The molecule has 0 radical (unpaired) electrons. The number of aliphatic hydroxyl groups is 1. The highest BCUT2D eigenvalue weighted by Crippen LogP contribution is 2.45. The van der Waals surface area contributed by atoms with Crippen LogP contribution in [0.15, 0.2) is 24.3 Å². The highest BCUT2D eigenvalue weighted by atomic mass is 16.2. The second-order valence-electron chi connectivity index (χ2n) is 7.00. The fourth-order valence-electron chi connectivity index (χ4n) is 4.79. The van der Waals surface area contributed by atoms with Gasteiger partial charge in [0.2, 0.25) is 0 Å². The number of nitrogens with one attached hydrogen (secondary N) is 1. The van der Waals surface area contributed by atoms with Crippen LogP contribution in [0.4, 0.5) is 0 Å². The summed E-state index contributed by atoms with van der Waals surface area (Å²) in [5.74, 6) is 1.77. The van der Waals surface area contributed by atoms with Gasteiger partial charge in [-0.1, -0.05) is 31.5 Å². The van der Waals surface area contributed by atoms with Crippen molar-refractivity contribution in [3.63, 3.8) is 0 Å². The predicted octanol–water partition coefficient (Wildman–Crippen LogP) is 3.50. The largest absolute Gasteiger partial charge is 0.396 e. The first-order valence-corrected chi connectivity index (χ1v) is 8.76. The minimum atomic E-state index is 0.225. The summed E-state index contributed by atoms with van der Waals surface area (Å²) in [5, 5.41) is 10.8. The van der Waals surface area contributed by atoms with Crippen LogP contribution in [0.25, 0.3) is 10.9 Å². The number of piperidine rings is 3. The molecule has 0 aliphatic carbocycles. The van der Waals surface area contributed by atoms with E-state index in [2.05, 4.69) is 41.1 Å². The van der Waals surface area contributed by atoms with Crippen LogP contribution in [0.2, 0.25) is 0 Å². The number of fused-ring (bicyclic) bond motifs is 4. The third kappa shape index (κ3) is 2.19. The van der Waals surface area contributed by atoms with E-state index in [0.717, 1.165) is 18.3 Å². The SMILES string of the molecule is CC[C@@H]1CN2CC[C@H]1C[C@@H]2c1[nH]c2ccccc2c1CCO. The van der Waals surface area contributed by atoms with Crippen LogP contribution < -0.4 is 0 Å². The lowest BCUT2D eigenvalue weighted by atomic mass is 9.73. The van der Waals surface area contributed by atoms with E-state index in [4.69, 9.17) is 0 Å². The molecule has 3 aliphatic rings. The summed E-state index contributed by atoms with van der Waals surface area (Å²) in [5.41, 5.74) is 3.92. The number of rotatable bonds is 4. The Morgan fingerprint density at radius 3 is 2.91 bits per heavy atom. The first kappa shape index (κ1) is 14.3. The van der Waals surface area contributed by atoms with Gasteiger partial charge in [-0.2, -0.15) is 0 Å². The maximum absolute atomic E-state index is 9.50. The number of nitrogens with zero attached hydrogens (tertiary/aromatic N) is 1. The van der Waals surface area contributed by atoms with Gasteiger partial charge in [0.05, 0.1) is 6.04 Å². The highest BCUT2D eigenvalue weighted by molar-refractivity contribution is 5.84. The van der Waals surface area contributed by atoms with E-state index < -0.39 is 0 Å². The number of aromatic amines is 1. The van der Waals surface area contributed by atoms with Crippen LogP contribution in [-0.4, -0.2) is 34.7 Å². The quantitative estimate of drug-likeness (QED) is 0.907. The summed E-state index contributed by atoms with van der Waals surface area (Å²) < 4.78 is 0. The predicted molar refractivity (Wildman–Crippen MR) is 89.9 cm³/mol. The Kier molecular flexibility index (Phi) is 3.71. The van der Waals surface area contributed by atoms with E-state index in [-0.39, 0.29) is 6.61 Å². The molecule has 4 heterocycles. The molecular formula is C19H26N2O. The minimum Gasteiger partial charge on any atom is -0.396 e. The molecule has 1 aromatic carbocycles. The highest BCUT2D eigenvalue weighted by Gasteiger charge is 2.41. The number of benzene rings is 1.